The standard InChI is InChI=1S/C10H20N2O3S/c1-9-7-11-4-5-12(9)16(13,14)10-3-2-6-15-8-10/h9-11H,2-8H2,1H3/t9-,10?/m0/s1. The van der Waals surface area contributed by atoms with E-state index in [4.69, 9.17) is 4.74 Å². The Hall–Kier alpha value is -0.170. The van der Waals surface area contributed by atoms with Gasteiger partial charge in [-0.1, -0.05) is 0 Å². The summed E-state index contributed by atoms with van der Waals surface area (Å²) in [5.74, 6) is 0. The van der Waals surface area contributed by atoms with Gasteiger partial charge in [-0.05, 0) is 19.8 Å². The third-order valence-electron chi connectivity index (χ3n) is 3.31. The molecule has 2 fully saturated rings. The second kappa shape index (κ2) is 5.00. The summed E-state index contributed by atoms with van der Waals surface area (Å²) in [6.45, 7) is 5.08. The predicted octanol–water partition coefficient (Wildman–Crippen LogP) is -0.211. The van der Waals surface area contributed by atoms with Crippen molar-refractivity contribution >= 4 is 10.0 Å². The van der Waals surface area contributed by atoms with E-state index in [0.717, 1.165) is 25.9 Å². The van der Waals surface area contributed by atoms with Gasteiger partial charge in [-0.3, -0.25) is 0 Å². The zero-order valence-corrected chi connectivity index (χ0v) is 10.5. The van der Waals surface area contributed by atoms with Gasteiger partial charge in [-0.25, -0.2) is 8.42 Å². The number of sulfonamides is 1. The van der Waals surface area contributed by atoms with Gasteiger partial charge in [-0.2, -0.15) is 4.31 Å². The van der Waals surface area contributed by atoms with E-state index in [0.29, 0.717) is 19.8 Å². The SMILES string of the molecule is C[C@H]1CNCCN1S(=O)(=O)C1CCCOC1. The van der Waals surface area contributed by atoms with E-state index < -0.39 is 10.0 Å². The largest absolute Gasteiger partial charge is 0.380 e. The number of hydrogen-bond acceptors (Lipinski definition) is 4. The van der Waals surface area contributed by atoms with Gasteiger partial charge in [0.2, 0.25) is 10.0 Å². The van der Waals surface area contributed by atoms with E-state index in [1.54, 1.807) is 4.31 Å². The minimum absolute atomic E-state index is 0.0562. The average Bonchev–Trinajstić information content (AvgIpc) is 2.30. The molecule has 1 unspecified atom stereocenters. The van der Waals surface area contributed by atoms with Crippen LogP contribution >= 0.6 is 0 Å². The molecule has 5 nitrogen and oxygen atoms in total. The minimum Gasteiger partial charge on any atom is -0.380 e. The lowest BCUT2D eigenvalue weighted by Crippen LogP contribution is -2.55. The molecule has 1 N–H and O–H groups in total. The van der Waals surface area contributed by atoms with Crippen molar-refractivity contribution < 1.29 is 13.2 Å². The maximum absolute atomic E-state index is 12.4. The number of nitrogens with zero attached hydrogens (tertiary/aromatic N) is 1. The Bertz CT molecular complexity index is 325. The fraction of sp³-hybridized carbons (Fsp3) is 1.00. The summed E-state index contributed by atoms with van der Waals surface area (Å²) < 4.78 is 31.7. The summed E-state index contributed by atoms with van der Waals surface area (Å²) in [5.41, 5.74) is 0. The van der Waals surface area contributed by atoms with E-state index in [1.165, 1.54) is 0 Å². The maximum Gasteiger partial charge on any atom is 0.219 e. The molecule has 2 saturated heterocycles. The van der Waals surface area contributed by atoms with Crippen molar-refractivity contribution in [2.75, 3.05) is 32.8 Å². The molecular weight excluding hydrogens is 228 g/mol. The Morgan fingerprint density at radius 1 is 1.44 bits per heavy atom. The first-order valence-corrected chi connectivity index (χ1v) is 7.42. The van der Waals surface area contributed by atoms with Crippen molar-refractivity contribution in [3.8, 4) is 0 Å². The average molecular weight is 248 g/mol. The normalized spacial score (nSPS) is 33.8. The van der Waals surface area contributed by atoms with Crippen LogP contribution in [0.3, 0.4) is 0 Å². The highest BCUT2D eigenvalue weighted by Gasteiger charge is 2.36. The molecule has 94 valence electrons. The molecular formula is C10H20N2O3S. The van der Waals surface area contributed by atoms with Gasteiger partial charge in [0, 0.05) is 32.3 Å². The Kier molecular flexibility index (Phi) is 3.84. The van der Waals surface area contributed by atoms with E-state index >= 15 is 0 Å². The molecule has 0 aromatic rings. The van der Waals surface area contributed by atoms with Crippen molar-refractivity contribution in [1.29, 1.82) is 0 Å². The molecule has 0 amide bonds. The van der Waals surface area contributed by atoms with Gasteiger partial charge in [0.1, 0.15) is 0 Å². The lowest BCUT2D eigenvalue weighted by molar-refractivity contribution is 0.0965. The Balaban J connectivity index is 2.10. The van der Waals surface area contributed by atoms with Crippen LogP contribution < -0.4 is 5.32 Å². The maximum atomic E-state index is 12.4. The molecule has 6 heteroatoms. The fourth-order valence-electron chi connectivity index (χ4n) is 2.34. The Morgan fingerprint density at radius 3 is 2.88 bits per heavy atom. The van der Waals surface area contributed by atoms with Gasteiger partial charge >= 0.3 is 0 Å². The van der Waals surface area contributed by atoms with Crippen LogP contribution in [0.5, 0.6) is 0 Å². The second-order valence-electron chi connectivity index (χ2n) is 4.55. The van der Waals surface area contributed by atoms with Crippen molar-refractivity contribution in [1.82, 2.24) is 9.62 Å². The Morgan fingerprint density at radius 2 is 2.25 bits per heavy atom. The zero-order valence-electron chi connectivity index (χ0n) is 9.68. The van der Waals surface area contributed by atoms with Gasteiger partial charge in [0.05, 0.1) is 11.9 Å². The summed E-state index contributed by atoms with van der Waals surface area (Å²) in [7, 11) is -3.17. The highest BCUT2D eigenvalue weighted by molar-refractivity contribution is 7.89. The second-order valence-corrected chi connectivity index (χ2v) is 6.71. The lowest BCUT2D eigenvalue weighted by atomic mass is 10.2. The summed E-state index contributed by atoms with van der Waals surface area (Å²) in [4.78, 5) is 0. The van der Waals surface area contributed by atoms with Crippen molar-refractivity contribution in [2.24, 2.45) is 0 Å². The molecule has 0 aromatic heterocycles. The first-order chi connectivity index (χ1) is 7.62. The van der Waals surface area contributed by atoms with Crippen LogP contribution in [-0.2, 0) is 14.8 Å². The monoisotopic (exact) mass is 248 g/mol. The first-order valence-electron chi connectivity index (χ1n) is 5.91. The van der Waals surface area contributed by atoms with E-state index in [-0.39, 0.29) is 11.3 Å². The number of rotatable bonds is 2. The van der Waals surface area contributed by atoms with Crippen LogP contribution in [0, 0.1) is 0 Å². The lowest BCUT2D eigenvalue weighted by Gasteiger charge is -2.36. The Labute approximate surface area is 97.2 Å². The van der Waals surface area contributed by atoms with E-state index in [2.05, 4.69) is 5.32 Å². The quantitative estimate of drug-likeness (QED) is 0.734. The molecule has 0 spiro atoms. The molecule has 0 bridgehead atoms. The molecule has 16 heavy (non-hydrogen) atoms. The number of hydrogen-bond donors (Lipinski definition) is 1. The van der Waals surface area contributed by atoms with E-state index in [1.807, 2.05) is 6.92 Å². The molecule has 0 aromatic carbocycles. The third-order valence-corrected chi connectivity index (χ3v) is 5.72. The summed E-state index contributed by atoms with van der Waals surface area (Å²) >= 11 is 0. The van der Waals surface area contributed by atoms with Crippen LogP contribution in [-0.4, -0.2) is 56.9 Å². The van der Waals surface area contributed by atoms with Gasteiger partial charge in [0.25, 0.3) is 0 Å². The summed E-state index contributed by atoms with van der Waals surface area (Å²) in [6, 6.07) is 0.0562. The molecule has 2 heterocycles. The van der Waals surface area contributed by atoms with Crippen LogP contribution in [0.25, 0.3) is 0 Å². The molecule has 2 aliphatic rings. The highest BCUT2D eigenvalue weighted by atomic mass is 32.2. The summed E-state index contributed by atoms with van der Waals surface area (Å²) in [5, 5.41) is 2.87. The number of piperazine rings is 1. The molecule has 0 radical (unpaired) electrons. The third kappa shape index (κ3) is 2.40. The van der Waals surface area contributed by atoms with Crippen LogP contribution in [0.1, 0.15) is 19.8 Å². The first kappa shape index (κ1) is 12.3. The molecule has 2 rings (SSSR count). The van der Waals surface area contributed by atoms with Gasteiger partial charge in [-0.15, -0.1) is 0 Å². The summed E-state index contributed by atoms with van der Waals surface area (Å²) in [6.07, 6.45) is 1.59. The number of nitrogens with one attached hydrogen (secondary N) is 1. The number of ether oxygens (including phenoxy) is 1. The highest BCUT2D eigenvalue weighted by Crippen LogP contribution is 2.21. The van der Waals surface area contributed by atoms with Crippen LogP contribution in [0.2, 0.25) is 0 Å². The molecule has 0 saturated carbocycles. The zero-order chi connectivity index (χ0) is 11.6. The van der Waals surface area contributed by atoms with Gasteiger partial charge in [0.15, 0.2) is 0 Å². The van der Waals surface area contributed by atoms with E-state index in [9.17, 15) is 8.42 Å². The molecule has 2 atom stereocenters. The van der Waals surface area contributed by atoms with Crippen LogP contribution in [0.15, 0.2) is 0 Å². The smallest absolute Gasteiger partial charge is 0.219 e. The fourth-order valence-corrected chi connectivity index (χ4v) is 4.38. The topological polar surface area (TPSA) is 58.6 Å². The molecule has 0 aliphatic carbocycles. The predicted molar refractivity (Wildman–Crippen MR) is 61.8 cm³/mol. The van der Waals surface area contributed by atoms with Crippen LogP contribution in [0.4, 0.5) is 0 Å². The van der Waals surface area contributed by atoms with Crippen molar-refractivity contribution in [3.63, 3.8) is 0 Å². The van der Waals surface area contributed by atoms with Gasteiger partial charge < -0.3 is 10.1 Å². The van der Waals surface area contributed by atoms with Crippen molar-refractivity contribution in [2.45, 2.75) is 31.1 Å². The van der Waals surface area contributed by atoms with Crippen molar-refractivity contribution in [3.05, 3.63) is 0 Å². The molecule has 2 aliphatic heterocycles. The minimum atomic E-state index is -3.17.